The fourth-order valence-electron chi connectivity index (χ4n) is 10.1. The Kier molecular flexibility index (Phi) is 7.79. The normalized spacial score (nSPS) is 12.0. The summed E-state index contributed by atoms with van der Waals surface area (Å²) in [5.74, 6) is 1.86. The van der Waals surface area contributed by atoms with Gasteiger partial charge in [-0.3, -0.25) is 0 Å². The van der Waals surface area contributed by atoms with Crippen LogP contribution in [0.2, 0.25) is 0 Å². The highest BCUT2D eigenvalue weighted by Gasteiger charge is 2.23. The van der Waals surface area contributed by atoms with Crippen LogP contribution in [0.25, 0.3) is 136 Å². The van der Waals surface area contributed by atoms with Crippen LogP contribution in [-0.4, -0.2) is 19.5 Å². The molecule has 0 amide bonds. The van der Waals surface area contributed by atoms with Gasteiger partial charge >= 0.3 is 0 Å². The molecule has 0 saturated carbocycles. The number of hydrogen-bond donors (Lipinski definition) is 0. The largest absolute Gasteiger partial charge is 0.456 e. The van der Waals surface area contributed by atoms with Gasteiger partial charge in [0.25, 0.3) is 0 Å². The maximum atomic E-state index is 6.71. The molecule has 14 rings (SSSR count). The van der Waals surface area contributed by atoms with Gasteiger partial charge in [0, 0.05) is 64.0 Å². The molecule has 0 bridgehead atoms. The highest BCUT2D eigenvalue weighted by Crippen LogP contribution is 2.46. The lowest BCUT2D eigenvalue weighted by atomic mass is 9.94. The Morgan fingerprint density at radius 2 is 1.02 bits per heavy atom. The molecule has 0 fully saturated rings. The molecule has 0 aliphatic rings. The first-order valence-corrected chi connectivity index (χ1v) is 22.7. The van der Waals surface area contributed by atoms with E-state index in [4.69, 9.17) is 19.4 Å². The summed E-state index contributed by atoms with van der Waals surface area (Å²) in [5.41, 5.74) is 9.90. The molecule has 4 aromatic heterocycles. The first kappa shape index (κ1) is 36.1. The number of thiophene rings is 1. The molecule has 4 heterocycles. The van der Waals surface area contributed by atoms with Crippen molar-refractivity contribution in [3.63, 3.8) is 0 Å². The molecule has 0 spiro atoms. The van der Waals surface area contributed by atoms with Crippen molar-refractivity contribution < 1.29 is 4.42 Å². The van der Waals surface area contributed by atoms with Crippen molar-refractivity contribution in [2.75, 3.05) is 0 Å². The molecule has 0 saturated heterocycles. The third kappa shape index (κ3) is 5.54. The Morgan fingerprint density at radius 3 is 1.89 bits per heavy atom. The molecule has 302 valence electrons. The van der Waals surface area contributed by atoms with Crippen molar-refractivity contribution >= 4 is 96.8 Å². The van der Waals surface area contributed by atoms with Crippen LogP contribution in [0.15, 0.2) is 211 Å². The summed E-state index contributed by atoms with van der Waals surface area (Å²) in [4.78, 5) is 15.9. The Morgan fingerprint density at radius 1 is 0.354 bits per heavy atom. The summed E-state index contributed by atoms with van der Waals surface area (Å²) in [5, 5.41) is 11.7. The number of furan rings is 1. The number of rotatable bonds is 5. The number of para-hydroxylation sites is 1. The van der Waals surface area contributed by atoms with Gasteiger partial charge in [-0.1, -0.05) is 146 Å². The molecule has 0 aliphatic heterocycles. The zero-order valence-corrected chi connectivity index (χ0v) is 35.6. The van der Waals surface area contributed by atoms with Crippen LogP contribution in [0.3, 0.4) is 0 Å². The van der Waals surface area contributed by atoms with Gasteiger partial charge in [-0.25, -0.2) is 15.0 Å². The average Bonchev–Trinajstić information content (AvgIpc) is 4.05. The lowest BCUT2D eigenvalue weighted by Crippen LogP contribution is -2.02. The van der Waals surface area contributed by atoms with Crippen LogP contribution >= 0.6 is 11.3 Å². The molecule has 10 aromatic carbocycles. The van der Waals surface area contributed by atoms with Crippen LogP contribution in [-0.2, 0) is 0 Å². The molecular formula is C59H34N4OS. The SMILES string of the molecule is c1ccc(-c2nc(-c3ccc(-n4c5ccccc5c5cc6ccccc6cc54)c(-c4cccc5oc6ccc7ccccc7c6c45)c3)nc(-c3cccc4sc5ccccc5c34)n2)cc1. The minimum Gasteiger partial charge on any atom is -0.456 e. The highest BCUT2D eigenvalue weighted by atomic mass is 32.1. The van der Waals surface area contributed by atoms with Crippen molar-refractivity contribution in [1.82, 2.24) is 19.5 Å². The predicted molar refractivity (Wildman–Crippen MR) is 271 cm³/mol. The van der Waals surface area contributed by atoms with E-state index >= 15 is 0 Å². The Labute approximate surface area is 376 Å². The third-order valence-electron chi connectivity index (χ3n) is 13.0. The second-order valence-electron chi connectivity index (χ2n) is 16.7. The van der Waals surface area contributed by atoms with Gasteiger partial charge in [0.15, 0.2) is 17.5 Å². The summed E-state index contributed by atoms with van der Waals surface area (Å²) in [6, 6.07) is 73.3. The Hall–Kier alpha value is -8.45. The highest BCUT2D eigenvalue weighted by molar-refractivity contribution is 7.25. The molecule has 0 N–H and O–H groups in total. The van der Waals surface area contributed by atoms with Crippen LogP contribution in [0.4, 0.5) is 0 Å². The first-order chi connectivity index (χ1) is 32.2. The molecule has 14 aromatic rings. The molecule has 0 aliphatic carbocycles. The monoisotopic (exact) mass is 846 g/mol. The van der Waals surface area contributed by atoms with Gasteiger partial charge in [-0.2, -0.15) is 0 Å². The standard InChI is InChI=1S/C59H34N4OS/c1-2-15-36(16-3-1)57-60-58(62-59(61-57)44-23-13-27-53-54(44)43-21-9-11-26-52(43)65-53)39-28-30-48(63-47-24-10-8-20-41(47)45-32-37-17-4-5-18-38(37)34-49(45)63)46(33-39)42-22-12-25-50-56(42)55-40-19-7-6-14-35(40)29-31-51(55)64-50/h1-34H. The first-order valence-electron chi connectivity index (χ1n) is 21.8. The van der Waals surface area contributed by atoms with Crippen LogP contribution in [0, 0.1) is 0 Å². The smallest absolute Gasteiger partial charge is 0.164 e. The summed E-state index contributed by atoms with van der Waals surface area (Å²) in [6.45, 7) is 0. The summed E-state index contributed by atoms with van der Waals surface area (Å²) >= 11 is 1.80. The van der Waals surface area contributed by atoms with Gasteiger partial charge in [0.1, 0.15) is 11.2 Å². The summed E-state index contributed by atoms with van der Waals surface area (Å²) < 4.78 is 11.6. The fourth-order valence-corrected chi connectivity index (χ4v) is 11.2. The second kappa shape index (κ2) is 14.0. The van der Waals surface area contributed by atoms with Gasteiger partial charge in [0.2, 0.25) is 0 Å². The van der Waals surface area contributed by atoms with Gasteiger partial charge in [-0.05, 0) is 87.8 Å². The van der Waals surface area contributed by atoms with Gasteiger partial charge in [0.05, 0.1) is 16.7 Å². The van der Waals surface area contributed by atoms with E-state index in [1.165, 1.54) is 41.7 Å². The third-order valence-corrected chi connectivity index (χ3v) is 14.2. The zero-order valence-electron chi connectivity index (χ0n) is 34.7. The van der Waals surface area contributed by atoms with E-state index in [1.807, 2.05) is 18.2 Å². The number of fused-ring (bicyclic) bond motifs is 12. The number of nitrogens with zero attached hydrogens (tertiary/aromatic N) is 4. The minimum atomic E-state index is 0.598. The van der Waals surface area contributed by atoms with Crippen LogP contribution < -0.4 is 0 Å². The van der Waals surface area contributed by atoms with Crippen molar-refractivity contribution in [2.24, 2.45) is 0 Å². The Balaban J connectivity index is 1.09. The zero-order chi connectivity index (χ0) is 42.6. The molecule has 65 heavy (non-hydrogen) atoms. The van der Waals surface area contributed by atoms with Crippen molar-refractivity contribution in [3.05, 3.63) is 206 Å². The molecule has 0 unspecified atom stereocenters. The summed E-state index contributed by atoms with van der Waals surface area (Å²) in [7, 11) is 0. The van der Waals surface area contributed by atoms with Gasteiger partial charge < -0.3 is 8.98 Å². The van der Waals surface area contributed by atoms with Crippen LogP contribution in [0.5, 0.6) is 0 Å². The van der Waals surface area contributed by atoms with Crippen molar-refractivity contribution in [1.29, 1.82) is 0 Å². The van der Waals surface area contributed by atoms with E-state index in [9.17, 15) is 0 Å². The number of benzene rings is 10. The molecule has 0 radical (unpaired) electrons. The number of aromatic nitrogens is 4. The molecular weight excluding hydrogens is 813 g/mol. The molecule has 5 nitrogen and oxygen atoms in total. The van der Waals surface area contributed by atoms with Crippen molar-refractivity contribution in [3.8, 4) is 51.0 Å². The predicted octanol–water partition coefficient (Wildman–Crippen LogP) is 16.2. The minimum absolute atomic E-state index is 0.598. The maximum absolute atomic E-state index is 6.71. The van der Waals surface area contributed by atoms with Crippen molar-refractivity contribution in [2.45, 2.75) is 0 Å². The van der Waals surface area contributed by atoms with E-state index in [0.717, 1.165) is 77.2 Å². The maximum Gasteiger partial charge on any atom is 0.164 e. The Bertz CT molecular complexity index is 4260. The lowest BCUT2D eigenvalue weighted by molar-refractivity contribution is 0.669. The van der Waals surface area contributed by atoms with E-state index in [0.29, 0.717) is 17.5 Å². The number of hydrogen-bond acceptors (Lipinski definition) is 5. The van der Waals surface area contributed by atoms with E-state index in [1.54, 1.807) is 11.3 Å². The average molecular weight is 847 g/mol. The molecule has 0 atom stereocenters. The van der Waals surface area contributed by atoms with Gasteiger partial charge in [-0.15, -0.1) is 11.3 Å². The second-order valence-corrected chi connectivity index (χ2v) is 17.8. The van der Waals surface area contributed by atoms with E-state index in [-0.39, 0.29) is 0 Å². The topological polar surface area (TPSA) is 56.7 Å². The van der Waals surface area contributed by atoms with E-state index < -0.39 is 0 Å². The quantitative estimate of drug-likeness (QED) is 0.173. The summed E-state index contributed by atoms with van der Waals surface area (Å²) in [6.07, 6.45) is 0. The van der Waals surface area contributed by atoms with E-state index in [2.05, 4.69) is 193 Å². The van der Waals surface area contributed by atoms with Crippen LogP contribution in [0.1, 0.15) is 0 Å². The lowest BCUT2D eigenvalue weighted by Gasteiger charge is -2.17. The fraction of sp³-hybridized carbons (Fsp3) is 0. The molecule has 6 heteroatoms.